The lowest BCUT2D eigenvalue weighted by Crippen LogP contribution is -2.46. The van der Waals surface area contributed by atoms with E-state index in [0.717, 1.165) is 60.4 Å². The molecule has 3 aromatic rings. The van der Waals surface area contributed by atoms with Gasteiger partial charge in [-0.15, -0.1) is 0 Å². The number of hydrogen-bond acceptors (Lipinski definition) is 7. The molecule has 188 valence electrons. The zero-order valence-electron chi connectivity index (χ0n) is 20.6. The largest absolute Gasteiger partial charge is 0.496 e. The average molecular weight is 491 g/mol. The molecule has 36 heavy (non-hydrogen) atoms. The van der Waals surface area contributed by atoms with E-state index in [2.05, 4.69) is 23.1 Å². The number of amides is 1. The number of carbonyl (C=O) groups is 1. The fourth-order valence-corrected chi connectivity index (χ4v) is 4.99. The first kappa shape index (κ1) is 25.2. The van der Waals surface area contributed by atoms with Crippen LogP contribution < -0.4 is 14.4 Å². The van der Waals surface area contributed by atoms with E-state index < -0.39 is 5.60 Å². The van der Waals surface area contributed by atoms with Crippen LogP contribution in [0.1, 0.15) is 25.3 Å². The first-order chi connectivity index (χ1) is 17.5. The summed E-state index contributed by atoms with van der Waals surface area (Å²) < 4.78 is 17.5. The molecule has 8 heteroatoms. The van der Waals surface area contributed by atoms with Gasteiger partial charge in [-0.3, -0.25) is 9.80 Å². The van der Waals surface area contributed by atoms with E-state index >= 15 is 0 Å². The second kappa shape index (κ2) is 11.2. The first-order valence-corrected chi connectivity index (χ1v) is 12.0. The van der Waals surface area contributed by atoms with E-state index in [1.54, 1.807) is 12.0 Å². The van der Waals surface area contributed by atoms with Crippen LogP contribution in [0.15, 0.2) is 60.7 Å². The lowest BCUT2D eigenvalue weighted by Gasteiger charge is -2.37. The summed E-state index contributed by atoms with van der Waals surface area (Å²) in [5.41, 5.74) is 1.70. The number of fused-ring (bicyclic) bond motifs is 1. The van der Waals surface area contributed by atoms with E-state index in [9.17, 15) is 4.79 Å². The van der Waals surface area contributed by atoms with Crippen molar-refractivity contribution in [2.24, 2.45) is 0 Å². The molecular formula is C28H30N2O6. The second-order valence-electron chi connectivity index (χ2n) is 8.91. The van der Waals surface area contributed by atoms with Crippen LogP contribution in [-0.4, -0.2) is 56.1 Å². The van der Waals surface area contributed by atoms with Crippen molar-refractivity contribution < 1.29 is 28.6 Å². The highest BCUT2D eigenvalue weighted by atomic mass is 16.6. The average Bonchev–Trinajstić information content (AvgIpc) is 3.22. The Hall–Kier alpha value is -3.87. The summed E-state index contributed by atoms with van der Waals surface area (Å²) in [5.74, 6) is 1.74. The monoisotopic (exact) mass is 490 g/mol. The lowest BCUT2D eigenvalue weighted by atomic mass is 9.91. The van der Waals surface area contributed by atoms with E-state index in [-0.39, 0.29) is 12.2 Å². The molecule has 0 bridgehead atoms. The maximum atomic E-state index is 12.6. The topological polar surface area (TPSA) is 85.4 Å². The summed E-state index contributed by atoms with van der Waals surface area (Å²) in [4.78, 5) is 33.0. The molecule has 0 radical (unpaired) electrons. The molecule has 1 amide bonds. The minimum atomic E-state index is -0.396. The Morgan fingerprint density at radius 2 is 1.69 bits per heavy atom. The number of anilines is 1. The fraction of sp³-hybridized carbons (Fsp3) is 0.357. The third-order valence-corrected chi connectivity index (χ3v) is 6.71. The molecule has 2 fully saturated rings. The molecule has 3 aromatic carbocycles. The van der Waals surface area contributed by atoms with E-state index in [1.807, 2.05) is 49.4 Å². The number of nitrogens with zero attached hydrogens (tertiary/aromatic N) is 2. The van der Waals surface area contributed by atoms with Crippen molar-refractivity contribution in [1.82, 2.24) is 4.90 Å². The highest BCUT2D eigenvalue weighted by Gasteiger charge is 2.47. The SMILES string of the molecule is CCOc1cc(CN2CCC3(CC2)CN(c2ccccc2)C(=O)O3)cc2c(OC)cccc12.O=C=O. The Labute approximate surface area is 210 Å². The Bertz CT molecular complexity index is 1230. The Balaban J connectivity index is 0.000000967. The molecule has 0 unspecified atom stereocenters. The van der Waals surface area contributed by atoms with Gasteiger partial charge in [0.2, 0.25) is 0 Å². The summed E-state index contributed by atoms with van der Waals surface area (Å²) in [5, 5.41) is 2.13. The van der Waals surface area contributed by atoms with Crippen molar-refractivity contribution in [3.8, 4) is 11.5 Å². The maximum Gasteiger partial charge on any atom is 0.415 e. The van der Waals surface area contributed by atoms with Gasteiger partial charge in [0, 0.05) is 48.9 Å². The van der Waals surface area contributed by atoms with Gasteiger partial charge in [-0.25, -0.2) is 4.79 Å². The Kier molecular flexibility index (Phi) is 7.88. The highest BCUT2D eigenvalue weighted by molar-refractivity contribution is 5.94. The number of para-hydroxylation sites is 1. The van der Waals surface area contributed by atoms with Gasteiger partial charge in [-0.1, -0.05) is 30.3 Å². The summed E-state index contributed by atoms with van der Waals surface area (Å²) >= 11 is 0. The van der Waals surface area contributed by atoms with Crippen LogP contribution in [0.3, 0.4) is 0 Å². The normalized spacial score (nSPS) is 16.7. The van der Waals surface area contributed by atoms with E-state index in [0.29, 0.717) is 13.2 Å². The number of likely N-dealkylation sites (tertiary alicyclic amines) is 1. The van der Waals surface area contributed by atoms with Crippen molar-refractivity contribution >= 4 is 28.7 Å². The number of benzene rings is 3. The molecule has 2 aliphatic rings. The third kappa shape index (κ3) is 5.35. The van der Waals surface area contributed by atoms with Crippen LogP contribution in [-0.2, 0) is 20.9 Å². The third-order valence-electron chi connectivity index (χ3n) is 6.71. The molecule has 0 atom stereocenters. The van der Waals surface area contributed by atoms with Crippen molar-refractivity contribution in [2.45, 2.75) is 31.9 Å². The van der Waals surface area contributed by atoms with Crippen molar-refractivity contribution in [3.05, 3.63) is 66.2 Å². The number of rotatable bonds is 6. The second-order valence-corrected chi connectivity index (χ2v) is 8.91. The number of methoxy groups -OCH3 is 1. The molecule has 0 aliphatic carbocycles. The summed E-state index contributed by atoms with van der Waals surface area (Å²) in [6.07, 6.45) is 1.67. The summed E-state index contributed by atoms with van der Waals surface area (Å²) in [6.45, 7) is 5.81. The molecule has 2 heterocycles. The van der Waals surface area contributed by atoms with Crippen LogP contribution in [0, 0.1) is 0 Å². The molecule has 0 aromatic heterocycles. The van der Waals surface area contributed by atoms with Gasteiger partial charge >= 0.3 is 12.2 Å². The van der Waals surface area contributed by atoms with Gasteiger partial charge < -0.3 is 14.2 Å². The van der Waals surface area contributed by atoms with Crippen molar-refractivity contribution in [3.63, 3.8) is 0 Å². The van der Waals surface area contributed by atoms with Crippen LogP contribution in [0.25, 0.3) is 10.8 Å². The first-order valence-electron chi connectivity index (χ1n) is 12.0. The predicted octanol–water partition coefficient (Wildman–Crippen LogP) is 4.66. The van der Waals surface area contributed by atoms with Crippen LogP contribution >= 0.6 is 0 Å². The van der Waals surface area contributed by atoms with Gasteiger partial charge in [0.25, 0.3) is 0 Å². The highest BCUT2D eigenvalue weighted by Crippen LogP contribution is 2.37. The Morgan fingerprint density at radius 3 is 2.36 bits per heavy atom. The standard InChI is InChI=1S/C27H30N2O4.CO2/c1-3-32-25-17-20(16-23-22(25)10-7-11-24(23)31-2)18-28-14-12-27(13-15-28)19-29(26(30)33-27)21-8-5-4-6-9-21;2-1-3/h4-11,16-17H,3,12-15,18-19H2,1-2H3;. The van der Waals surface area contributed by atoms with Gasteiger partial charge in [0.1, 0.15) is 17.1 Å². The lowest BCUT2D eigenvalue weighted by molar-refractivity contribution is -0.191. The molecule has 5 rings (SSSR count). The fourth-order valence-electron chi connectivity index (χ4n) is 4.99. The van der Waals surface area contributed by atoms with Gasteiger partial charge in [0.05, 0.1) is 20.3 Å². The van der Waals surface area contributed by atoms with Crippen molar-refractivity contribution in [2.75, 3.05) is 38.3 Å². The smallest absolute Gasteiger partial charge is 0.415 e. The summed E-state index contributed by atoms with van der Waals surface area (Å²) in [6, 6.07) is 20.2. The molecular weight excluding hydrogens is 460 g/mol. The summed E-state index contributed by atoms with van der Waals surface area (Å²) in [7, 11) is 1.70. The quantitative estimate of drug-likeness (QED) is 0.497. The molecule has 2 saturated heterocycles. The molecule has 0 N–H and O–H groups in total. The number of carbonyl (C=O) groups excluding carboxylic acids is 3. The van der Waals surface area contributed by atoms with Crippen LogP contribution in [0.4, 0.5) is 10.5 Å². The van der Waals surface area contributed by atoms with Crippen LogP contribution in [0.2, 0.25) is 0 Å². The number of hydrogen-bond donors (Lipinski definition) is 0. The molecule has 8 nitrogen and oxygen atoms in total. The zero-order valence-corrected chi connectivity index (χ0v) is 20.6. The predicted molar refractivity (Wildman–Crippen MR) is 134 cm³/mol. The van der Waals surface area contributed by atoms with Crippen LogP contribution in [0.5, 0.6) is 11.5 Å². The minimum absolute atomic E-state index is 0.238. The van der Waals surface area contributed by atoms with E-state index in [1.165, 1.54) is 5.56 Å². The van der Waals surface area contributed by atoms with Crippen molar-refractivity contribution in [1.29, 1.82) is 0 Å². The van der Waals surface area contributed by atoms with Gasteiger partial charge in [-0.2, -0.15) is 9.59 Å². The van der Waals surface area contributed by atoms with Gasteiger partial charge in [0.15, 0.2) is 0 Å². The molecule has 0 saturated carbocycles. The maximum absolute atomic E-state index is 12.6. The molecule has 2 aliphatic heterocycles. The van der Waals surface area contributed by atoms with E-state index in [4.69, 9.17) is 23.8 Å². The zero-order chi connectivity index (χ0) is 25.5. The number of ether oxygens (including phenoxy) is 3. The Morgan fingerprint density at radius 1 is 0.972 bits per heavy atom. The molecule has 1 spiro atoms. The minimum Gasteiger partial charge on any atom is -0.496 e. The number of piperidine rings is 1. The van der Waals surface area contributed by atoms with Gasteiger partial charge in [-0.05, 0) is 42.8 Å².